The number of aromatic nitrogens is 3. The first-order valence-corrected chi connectivity index (χ1v) is 9.06. The van der Waals surface area contributed by atoms with E-state index >= 15 is 0 Å². The molecule has 0 aromatic carbocycles. The van der Waals surface area contributed by atoms with E-state index in [-0.39, 0.29) is 17.5 Å². The molecule has 1 atom stereocenters. The van der Waals surface area contributed by atoms with Crippen molar-refractivity contribution in [3.05, 3.63) is 41.9 Å². The fraction of sp³-hybridized carbons (Fsp3) is 0.526. The second-order valence-electron chi connectivity index (χ2n) is 7.78. The fourth-order valence-corrected chi connectivity index (χ4v) is 3.30. The molecule has 0 radical (unpaired) electrons. The molecule has 140 valence electrons. The van der Waals surface area contributed by atoms with E-state index in [1.165, 1.54) is 0 Å². The quantitative estimate of drug-likeness (QED) is 0.875. The SMILES string of the molecule is Cc1cc(NC(=O)CN2CCNCC2c2cccnc2)n(C(C)(C)C)n1. The number of carbonyl (C=O) groups is 1. The molecule has 1 saturated heterocycles. The Kier molecular flexibility index (Phi) is 5.38. The first-order chi connectivity index (χ1) is 12.3. The van der Waals surface area contributed by atoms with Gasteiger partial charge in [0.15, 0.2) is 0 Å². The molecule has 1 aliphatic rings. The van der Waals surface area contributed by atoms with Crippen molar-refractivity contribution in [2.45, 2.75) is 39.3 Å². The van der Waals surface area contributed by atoms with Crippen molar-refractivity contribution in [2.24, 2.45) is 0 Å². The predicted molar refractivity (Wildman–Crippen MR) is 102 cm³/mol. The van der Waals surface area contributed by atoms with Crippen molar-refractivity contribution in [3.63, 3.8) is 0 Å². The molecule has 7 heteroatoms. The maximum atomic E-state index is 12.7. The fourth-order valence-electron chi connectivity index (χ4n) is 3.30. The van der Waals surface area contributed by atoms with Crippen LogP contribution in [-0.2, 0) is 10.3 Å². The lowest BCUT2D eigenvalue weighted by Crippen LogP contribution is -2.48. The van der Waals surface area contributed by atoms with Gasteiger partial charge in [-0.3, -0.25) is 14.7 Å². The van der Waals surface area contributed by atoms with Gasteiger partial charge in [-0.25, -0.2) is 4.68 Å². The molecule has 1 unspecified atom stereocenters. The van der Waals surface area contributed by atoms with Gasteiger partial charge in [-0.2, -0.15) is 5.10 Å². The average Bonchev–Trinajstić information content (AvgIpc) is 2.96. The summed E-state index contributed by atoms with van der Waals surface area (Å²) in [4.78, 5) is 19.1. The number of hydrogen-bond acceptors (Lipinski definition) is 5. The third-order valence-electron chi connectivity index (χ3n) is 4.50. The van der Waals surface area contributed by atoms with Crippen molar-refractivity contribution in [3.8, 4) is 0 Å². The van der Waals surface area contributed by atoms with Gasteiger partial charge in [0.05, 0.1) is 17.8 Å². The molecule has 7 nitrogen and oxygen atoms in total. The zero-order valence-electron chi connectivity index (χ0n) is 16.0. The van der Waals surface area contributed by atoms with Gasteiger partial charge in [0, 0.05) is 44.1 Å². The number of pyridine rings is 1. The van der Waals surface area contributed by atoms with Crippen molar-refractivity contribution >= 4 is 11.7 Å². The Morgan fingerprint density at radius 2 is 2.23 bits per heavy atom. The van der Waals surface area contributed by atoms with E-state index < -0.39 is 0 Å². The molecule has 1 aliphatic heterocycles. The summed E-state index contributed by atoms with van der Waals surface area (Å²) in [5, 5.41) is 11.0. The summed E-state index contributed by atoms with van der Waals surface area (Å²) in [6.07, 6.45) is 3.65. The number of anilines is 1. The smallest absolute Gasteiger partial charge is 0.239 e. The van der Waals surface area contributed by atoms with Gasteiger partial charge in [0.1, 0.15) is 5.82 Å². The minimum atomic E-state index is -0.190. The van der Waals surface area contributed by atoms with Crippen molar-refractivity contribution in [1.82, 2.24) is 25.0 Å². The second-order valence-corrected chi connectivity index (χ2v) is 7.78. The Balaban J connectivity index is 1.71. The summed E-state index contributed by atoms with van der Waals surface area (Å²) in [6.45, 7) is 11.0. The normalized spacial score (nSPS) is 18.7. The second kappa shape index (κ2) is 7.55. The Bertz CT molecular complexity index is 749. The molecule has 3 rings (SSSR count). The highest BCUT2D eigenvalue weighted by molar-refractivity contribution is 5.91. The molecule has 2 N–H and O–H groups in total. The van der Waals surface area contributed by atoms with Crippen molar-refractivity contribution < 1.29 is 4.79 Å². The van der Waals surface area contributed by atoms with Gasteiger partial charge in [-0.1, -0.05) is 6.07 Å². The van der Waals surface area contributed by atoms with Crippen LogP contribution in [0.4, 0.5) is 5.82 Å². The van der Waals surface area contributed by atoms with Gasteiger partial charge >= 0.3 is 0 Å². The van der Waals surface area contributed by atoms with Gasteiger partial charge in [0.2, 0.25) is 5.91 Å². The maximum Gasteiger partial charge on any atom is 0.239 e. The van der Waals surface area contributed by atoms with Crippen LogP contribution in [0, 0.1) is 6.92 Å². The van der Waals surface area contributed by atoms with E-state index in [0.717, 1.165) is 36.7 Å². The molecule has 2 aromatic heterocycles. The van der Waals surface area contributed by atoms with Gasteiger partial charge < -0.3 is 10.6 Å². The van der Waals surface area contributed by atoms with Crippen LogP contribution in [-0.4, -0.2) is 51.8 Å². The van der Waals surface area contributed by atoms with Gasteiger partial charge in [-0.15, -0.1) is 0 Å². The minimum Gasteiger partial charge on any atom is -0.314 e. The summed E-state index contributed by atoms with van der Waals surface area (Å²) >= 11 is 0. The highest BCUT2D eigenvalue weighted by Gasteiger charge is 2.26. The third-order valence-corrected chi connectivity index (χ3v) is 4.50. The minimum absolute atomic E-state index is 0.0220. The van der Waals surface area contributed by atoms with E-state index in [9.17, 15) is 4.79 Å². The molecule has 0 saturated carbocycles. The van der Waals surface area contributed by atoms with Crippen LogP contribution in [0.3, 0.4) is 0 Å². The lowest BCUT2D eigenvalue weighted by atomic mass is 10.1. The molecular formula is C19H28N6O. The first kappa shape index (κ1) is 18.5. The summed E-state index contributed by atoms with van der Waals surface area (Å²) in [7, 11) is 0. The molecule has 1 fully saturated rings. The number of carbonyl (C=O) groups excluding carboxylic acids is 1. The number of hydrogen-bond donors (Lipinski definition) is 2. The number of nitrogens with zero attached hydrogens (tertiary/aromatic N) is 4. The zero-order chi connectivity index (χ0) is 18.7. The summed E-state index contributed by atoms with van der Waals surface area (Å²) in [5.41, 5.74) is 1.83. The molecule has 0 spiro atoms. The van der Waals surface area contributed by atoms with E-state index in [1.807, 2.05) is 29.9 Å². The molecule has 0 aliphatic carbocycles. The molecular weight excluding hydrogens is 328 g/mol. The number of rotatable bonds is 4. The summed E-state index contributed by atoms with van der Waals surface area (Å²) in [6, 6.07) is 6.07. The van der Waals surface area contributed by atoms with Gasteiger partial charge in [-0.05, 0) is 39.3 Å². The van der Waals surface area contributed by atoms with E-state index in [4.69, 9.17) is 0 Å². The number of nitrogens with one attached hydrogen (secondary N) is 2. The Hall–Kier alpha value is -2.25. The average molecular weight is 356 g/mol. The highest BCUT2D eigenvalue weighted by Crippen LogP contribution is 2.23. The van der Waals surface area contributed by atoms with Crippen molar-refractivity contribution in [2.75, 3.05) is 31.5 Å². The van der Waals surface area contributed by atoms with Gasteiger partial charge in [0.25, 0.3) is 0 Å². The zero-order valence-corrected chi connectivity index (χ0v) is 16.0. The molecule has 0 bridgehead atoms. The largest absolute Gasteiger partial charge is 0.314 e. The van der Waals surface area contributed by atoms with Crippen LogP contribution in [0.5, 0.6) is 0 Å². The van der Waals surface area contributed by atoms with E-state index in [0.29, 0.717) is 6.54 Å². The maximum absolute atomic E-state index is 12.7. The molecule has 2 aromatic rings. The van der Waals surface area contributed by atoms with Crippen LogP contribution >= 0.6 is 0 Å². The van der Waals surface area contributed by atoms with Crippen LogP contribution in [0.1, 0.15) is 38.1 Å². The Labute approximate surface area is 154 Å². The monoisotopic (exact) mass is 356 g/mol. The van der Waals surface area contributed by atoms with E-state index in [2.05, 4.69) is 52.5 Å². The van der Waals surface area contributed by atoms with E-state index in [1.54, 1.807) is 6.20 Å². The van der Waals surface area contributed by atoms with Crippen LogP contribution < -0.4 is 10.6 Å². The molecule has 1 amide bonds. The van der Waals surface area contributed by atoms with Crippen LogP contribution in [0.25, 0.3) is 0 Å². The number of piperazine rings is 1. The van der Waals surface area contributed by atoms with Crippen molar-refractivity contribution in [1.29, 1.82) is 0 Å². The number of amides is 1. The highest BCUT2D eigenvalue weighted by atomic mass is 16.2. The Morgan fingerprint density at radius 3 is 2.92 bits per heavy atom. The number of aryl methyl sites for hydroxylation is 1. The topological polar surface area (TPSA) is 75.1 Å². The Morgan fingerprint density at radius 1 is 1.42 bits per heavy atom. The first-order valence-electron chi connectivity index (χ1n) is 9.06. The standard InChI is InChI=1S/C19H28N6O/c1-14-10-17(25(23-14)19(2,3)4)22-18(26)13-24-9-8-21-12-16(24)15-6-5-7-20-11-15/h5-7,10-11,16,21H,8-9,12-13H2,1-4H3,(H,22,26). The molecule has 3 heterocycles. The lowest BCUT2D eigenvalue weighted by molar-refractivity contribution is -0.118. The lowest BCUT2D eigenvalue weighted by Gasteiger charge is -2.35. The van der Waals surface area contributed by atoms with Crippen LogP contribution in [0.2, 0.25) is 0 Å². The predicted octanol–water partition coefficient (Wildman–Crippen LogP) is 1.93. The third kappa shape index (κ3) is 4.28. The van der Waals surface area contributed by atoms with Crippen LogP contribution in [0.15, 0.2) is 30.6 Å². The summed E-state index contributed by atoms with van der Waals surface area (Å²) in [5.74, 6) is 0.722. The summed E-state index contributed by atoms with van der Waals surface area (Å²) < 4.78 is 1.87. The molecule has 26 heavy (non-hydrogen) atoms.